The number of ether oxygens (including phenoxy) is 1. The van der Waals surface area contributed by atoms with Gasteiger partial charge in [-0.05, 0) is 36.8 Å². The van der Waals surface area contributed by atoms with Crippen molar-refractivity contribution >= 4 is 17.4 Å². The van der Waals surface area contributed by atoms with Crippen LogP contribution in [0.4, 0.5) is 15.9 Å². The normalized spacial score (nSPS) is 10.2. The number of halogens is 1. The molecule has 0 aliphatic carbocycles. The highest BCUT2D eigenvalue weighted by Crippen LogP contribution is 2.19. The van der Waals surface area contributed by atoms with Crippen molar-refractivity contribution in [3.8, 4) is 5.75 Å². The molecule has 0 atom stereocenters. The van der Waals surface area contributed by atoms with Crippen LogP contribution in [0, 0.1) is 12.7 Å². The number of hydrogen-bond acceptors (Lipinski definition) is 4. The number of nitrogens with zero attached hydrogens (tertiary/aromatic N) is 1. The average Bonchev–Trinajstić information content (AvgIpc) is 2.43. The first-order valence-electron chi connectivity index (χ1n) is 5.88. The molecule has 3 N–H and O–H groups in total. The standard InChI is InChI=1S/C14H14FN3O2/c1-8-5-13(17-7-11(8)16)18-14(19)9-3-4-10(15)12(6-9)20-2/h3-7H,16H2,1-2H3,(H,17,18,19). The van der Waals surface area contributed by atoms with Gasteiger partial charge in [0.05, 0.1) is 19.0 Å². The third-order valence-electron chi connectivity index (χ3n) is 2.81. The summed E-state index contributed by atoms with van der Waals surface area (Å²) in [5.41, 5.74) is 7.29. The van der Waals surface area contributed by atoms with Gasteiger partial charge in [0.25, 0.3) is 5.91 Å². The van der Waals surface area contributed by atoms with Crippen molar-refractivity contribution in [2.24, 2.45) is 0 Å². The summed E-state index contributed by atoms with van der Waals surface area (Å²) in [5, 5.41) is 2.61. The molecule has 0 unspecified atom stereocenters. The molecule has 2 rings (SSSR count). The summed E-state index contributed by atoms with van der Waals surface area (Å²) < 4.78 is 18.1. The van der Waals surface area contributed by atoms with Crippen molar-refractivity contribution in [3.05, 3.63) is 47.4 Å². The van der Waals surface area contributed by atoms with Crippen LogP contribution in [0.3, 0.4) is 0 Å². The number of nitrogen functional groups attached to an aromatic ring is 1. The predicted octanol–water partition coefficient (Wildman–Crippen LogP) is 2.37. The van der Waals surface area contributed by atoms with Gasteiger partial charge in [-0.15, -0.1) is 0 Å². The fourth-order valence-corrected chi connectivity index (χ4v) is 1.62. The first kappa shape index (κ1) is 13.8. The molecule has 1 heterocycles. The molecule has 1 aromatic heterocycles. The second-order valence-corrected chi connectivity index (χ2v) is 4.23. The second kappa shape index (κ2) is 5.56. The number of nitrogens with one attached hydrogen (secondary N) is 1. The zero-order chi connectivity index (χ0) is 14.7. The van der Waals surface area contributed by atoms with E-state index >= 15 is 0 Å². The molecule has 5 nitrogen and oxygen atoms in total. The molecule has 0 spiro atoms. The van der Waals surface area contributed by atoms with E-state index in [1.165, 1.54) is 31.5 Å². The fraction of sp³-hybridized carbons (Fsp3) is 0.143. The summed E-state index contributed by atoms with van der Waals surface area (Å²) in [5.74, 6) is -0.533. The molecule has 0 saturated heterocycles. The van der Waals surface area contributed by atoms with Gasteiger partial charge in [-0.2, -0.15) is 0 Å². The van der Waals surface area contributed by atoms with E-state index in [1.807, 2.05) is 6.92 Å². The number of anilines is 2. The van der Waals surface area contributed by atoms with E-state index < -0.39 is 11.7 Å². The molecule has 20 heavy (non-hydrogen) atoms. The Morgan fingerprint density at radius 1 is 1.40 bits per heavy atom. The SMILES string of the molecule is COc1cc(C(=O)Nc2cc(C)c(N)cn2)ccc1F. The van der Waals surface area contributed by atoms with Gasteiger partial charge in [0, 0.05) is 5.56 Å². The third-order valence-corrected chi connectivity index (χ3v) is 2.81. The van der Waals surface area contributed by atoms with Crippen molar-refractivity contribution in [2.75, 3.05) is 18.2 Å². The van der Waals surface area contributed by atoms with Crippen molar-refractivity contribution in [1.29, 1.82) is 0 Å². The largest absolute Gasteiger partial charge is 0.494 e. The number of carbonyl (C=O) groups excluding carboxylic acids is 1. The maximum absolute atomic E-state index is 13.3. The number of pyridine rings is 1. The summed E-state index contributed by atoms with van der Waals surface area (Å²) in [6.45, 7) is 1.81. The van der Waals surface area contributed by atoms with Gasteiger partial charge in [0.15, 0.2) is 11.6 Å². The maximum atomic E-state index is 13.3. The Morgan fingerprint density at radius 2 is 2.15 bits per heavy atom. The number of methoxy groups -OCH3 is 1. The van der Waals surface area contributed by atoms with Crippen LogP contribution in [0.2, 0.25) is 0 Å². The Hall–Kier alpha value is -2.63. The van der Waals surface area contributed by atoms with Gasteiger partial charge < -0.3 is 15.8 Å². The Labute approximate surface area is 115 Å². The van der Waals surface area contributed by atoms with Crippen LogP contribution in [0.25, 0.3) is 0 Å². The number of rotatable bonds is 3. The zero-order valence-corrected chi connectivity index (χ0v) is 11.1. The fourth-order valence-electron chi connectivity index (χ4n) is 1.62. The minimum absolute atomic E-state index is 0.0131. The lowest BCUT2D eigenvalue weighted by Crippen LogP contribution is -2.13. The van der Waals surface area contributed by atoms with Crippen molar-refractivity contribution in [1.82, 2.24) is 4.98 Å². The molecule has 0 saturated carbocycles. The van der Waals surface area contributed by atoms with Crippen molar-refractivity contribution in [3.63, 3.8) is 0 Å². The first-order chi connectivity index (χ1) is 9.51. The van der Waals surface area contributed by atoms with Crippen LogP contribution in [0.5, 0.6) is 5.75 Å². The van der Waals surface area contributed by atoms with Crippen LogP contribution in [0.1, 0.15) is 15.9 Å². The molecule has 6 heteroatoms. The highest BCUT2D eigenvalue weighted by molar-refractivity contribution is 6.04. The van der Waals surface area contributed by atoms with E-state index in [2.05, 4.69) is 10.3 Å². The Kier molecular flexibility index (Phi) is 3.84. The van der Waals surface area contributed by atoms with E-state index in [0.717, 1.165) is 5.56 Å². The molecule has 0 aliphatic heterocycles. The van der Waals surface area contributed by atoms with Crippen LogP contribution in [0.15, 0.2) is 30.5 Å². The van der Waals surface area contributed by atoms with Crippen LogP contribution in [-0.4, -0.2) is 18.0 Å². The van der Waals surface area contributed by atoms with E-state index in [9.17, 15) is 9.18 Å². The van der Waals surface area contributed by atoms with Crippen LogP contribution < -0.4 is 15.8 Å². The summed E-state index contributed by atoms with van der Waals surface area (Å²) in [4.78, 5) is 16.0. The molecule has 0 radical (unpaired) electrons. The number of amides is 1. The predicted molar refractivity (Wildman–Crippen MR) is 74.3 cm³/mol. The van der Waals surface area contributed by atoms with Crippen LogP contribution >= 0.6 is 0 Å². The van der Waals surface area contributed by atoms with E-state index in [4.69, 9.17) is 10.5 Å². The van der Waals surface area contributed by atoms with E-state index in [1.54, 1.807) is 6.07 Å². The molecular weight excluding hydrogens is 261 g/mol. The Bertz CT molecular complexity index is 659. The quantitative estimate of drug-likeness (QED) is 0.901. The molecular formula is C14H14FN3O2. The monoisotopic (exact) mass is 275 g/mol. The number of nitrogens with two attached hydrogens (primary N) is 1. The van der Waals surface area contributed by atoms with Crippen LogP contribution in [-0.2, 0) is 0 Å². The molecule has 1 amide bonds. The number of hydrogen-bond donors (Lipinski definition) is 2. The molecule has 2 aromatic rings. The average molecular weight is 275 g/mol. The number of carbonyl (C=O) groups is 1. The van der Waals surface area contributed by atoms with Gasteiger partial charge >= 0.3 is 0 Å². The highest BCUT2D eigenvalue weighted by atomic mass is 19.1. The lowest BCUT2D eigenvalue weighted by molar-refractivity contribution is 0.102. The van der Waals surface area contributed by atoms with Gasteiger partial charge in [-0.25, -0.2) is 9.37 Å². The summed E-state index contributed by atoms with van der Waals surface area (Å²) in [6.07, 6.45) is 1.47. The van der Waals surface area contributed by atoms with E-state index in [0.29, 0.717) is 11.5 Å². The number of aryl methyl sites for hydroxylation is 1. The minimum atomic E-state index is -0.523. The summed E-state index contributed by atoms with van der Waals surface area (Å²) in [6, 6.07) is 5.54. The van der Waals surface area contributed by atoms with Crippen molar-refractivity contribution < 1.29 is 13.9 Å². The topological polar surface area (TPSA) is 77.2 Å². The second-order valence-electron chi connectivity index (χ2n) is 4.23. The Morgan fingerprint density at radius 3 is 2.80 bits per heavy atom. The number of aromatic nitrogens is 1. The first-order valence-corrected chi connectivity index (χ1v) is 5.88. The van der Waals surface area contributed by atoms with Crippen molar-refractivity contribution in [2.45, 2.75) is 6.92 Å². The van der Waals surface area contributed by atoms with Gasteiger partial charge in [0.1, 0.15) is 5.82 Å². The lowest BCUT2D eigenvalue weighted by atomic mass is 10.2. The number of benzene rings is 1. The van der Waals surface area contributed by atoms with E-state index in [-0.39, 0.29) is 11.3 Å². The molecule has 0 bridgehead atoms. The third kappa shape index (κ3) is 2.85. The summed E-state index contributed by atoms with van der Waals surface area (Å²) >= 11 is 0. The lowest BCUT2D eigenvalue weighted by Gasteiger charge is -2.08. The summed E-state index contributed by atoms with van der Waals surface area (Å²) in [7, 11) is 1.34. The Balaban J connectivity index is 2.21. The zero-order valence-electron chi connectivity index (χ0n) is 11.1. The minimum Gasteiger partial charge on any atom is -0.494 e. The molecule has 1 aromatic carbocycles. The molecule has 104 valence electrons. The smallest absolute Gasteiger partial charge is 0.256 e. The molecule has 0 aliphatic rings. The van der Waals surface area contributed by atoms with Gasteiger partial charge in [-0.1, -0.05) is 0 Å². The van der Waals surface area contributed by atoms with Gasteiger partial charge in [0.2, 0.25) is 0 Å². The highest BCUT2D eigenvalue weighted by Gasteiger charge is 2.11. The maximum Gasteiger partial charge on any atom is 0.256 e. The molecule has 0 fully saturated rings. The van der Waals surface area contributed by atoms with Gasteiger partial charge in [-0.3, -0.25) is 4.79 Å².